The molecule has 3 heteroatoms. The van der Waals surface area contributed by atoms with E-state index < -0.39 is 0 Å². The standard InChI is InChI=1S/C18H22N2O/c1-14-5-7-15(8-6-14)9-10-18(21)20-13-17-4-2-3-16(11-17)12-19/h2-8,11H,9-10,12-13,19H2,1H3,(H,20,21). The average molecular weight is 282 g/mol. The number of nitrogens with two attached hydrogens (primary N) is 1. The first-order chi connectivity index (χ1) is 10.2. The molecule has 3 N–H and O–H groups in total. The lowest BCUT2D eigenvalue weighted by Gasteiger charge is -2.07. The first-order valence-corrected chi connectivity index (χ1v) is 7.27. The number of rotatable bonds is 6. The molecule has 110 valence electrons. The zero-order chi connectivity index (χ0) is 15.1. The van der Waals surface area contributed by atoms with E-state index in [4.69, 9.17) is 5.73 Å². The van der Waals surface area contributed by atoms with Crippen molar-refractivity contribution in [1.82, 2.24) is 5.32 Å². The van der Waals surface area contributed by atoms with E-state index >= 15 is 0 Å². The quantitative estimate of drug-likeness (QED) is 0.856. The van der Waals surface area contributed by atoms with Crippen LogP contribution in [0.5, 0.6) is 0 Å². The first kappa shape index (κ1) is 15.3. The molecule has 0 aromatic heterocycles. The Morgan fingerprint density at radius 1 is 1.05 bits per heavy atom. The summed E-state index contributed by atoms with van der Waals surface area (Å²) < 4.78 is 0. The number of carbonyl (C=O) groups excluding carboxylic acids is 1. The van der Waals surface area contributed by atoms with Gasteiger partial charge in [-0.3, -0.25) is 4.79 Å². The Morgan fingerprint density at radius 2 is 1.76 bits per heavy atom. The lowest BCUT2D eigenvalue weighted by atomic mass is 10.1. The van der Waals surface area contributed by atoms with Gasteiger partial charge in [0.15, 0.2) is 0 Å². The van der Waals surface area contributed by atoms with Crippen molar-refractivity contribution in [3.8, 4) is 0 Å². The minimum Gasteiger partial charge on any atom is -0.352 e. The van der Waals surface area contributed by atoms with Crippen molar-refractivity contribution in [1.29, 1.82) is 0 Å². The van der Waals surface area contributed by atoms with Crippen LogP contribution >= 0.6 is 0 Å². The highest BCUT2D eigenvalue weighted by atomic mass is 16.1. The van der Waals surface area contributed by atoms with E-state index in [0.29, 0.717) is 19.5 Å². The Kier molecular flexibility index (Phi) is 5.52. The van der Waals surface area contributed by atoms with Crippen LogP contribution in [-0.4, -0.2) is 5.91 Å². The van der Waals surface area contributed by atoms with Crippen LogP contribution in [0.4, 0.5) is 0 Å². The average Bonchev–Trinajstić information content (AvgIpc) is 2.52. The zero-order valence-electron chi connectivity index (χ0n) is 12.4. The summed E-state index contributed by atoms with van der Waals surface area (Å²) in [6, 6.07) is 16.3. The van der Waals surface area contributed by atoms with E-state index in [2.05, 4.69) is 36.5 Å². The number of hydrogen-bond donors (Lipinski definition) is 2. The molecule has 2 aromatic carbocycles. The van der Waals surface area contributed by atoms with E-state index in [1.165, 1.54) is 11.1 Å². The molecule has 21 heavy (non-hydrogen) atoms. The van der Waals surface area contributed by atoms with Gasteiger partial charge in [0.2, 0.25) is 5.91 Å². The van der Waals surface area contributed by atoms with Crippen molar-refractivity contribution in [2.45, 2.75) is 32.9 Å². The van der Waals surface area contributed by atoms with Gasteiger partial charge in [-0.05, 0) is 30.0 Å². The van der Waals surface area contributed by atoms with Gasteiger partial charge in [0.25, 0.3) is 0 Å². The molecule has 2 rings (SSSR count). The van der Waals surface area contributed by atoms with Crippen molar-refractivity contribution in [2.24, 2.45) is 5.73 Å². The minimum atomic E-state index is 0.0775. The van der Waals surface area contributed by atoms with Crippen LogP contribution in [0.3, 0.4) is 0 Å². The van der Waals surface area contributed by atoms with E-state index in [1.54, 1.807) is 0 Å². The van der Waals surface area contributed by atoms with Gasteiger partial charge < -0.3 is 11.1 Å². The molecular formula is C18H22N2O. The van der Waals surface area contributed by atoms with Gasteiger partial charge in [-0.15, -0.1) is 0 Å². The molecule has 0 aliphatic rings. The molecule has 0 atom stereocenters. The number of benzene rings is 2. The summed E-state index contributed by atoms with van der Waals surface area (Å²) in [6.45, 7) is 3.14. The molecule has 0 radical (unpaired) electrons. The summed E-state index contributed by atoms with van der Waals surface area (Å²) in [6.07, 6.45) is 1.29. The molecule has 0 bridgehead atoms. The molecule has 2 aromatic rings. The van der Waals surface area contributed by atoms with Crippen molar-refractivity contribution in [2.75, 3.05) is 0 Å². The van der Waals surface area contributed by atoms with Gasteiger partial charge in [-0.2, -0.15) is 0 Å². The molecule has 0 unspecified atom stereocenters. The third kappa shape index (κ3) is 5.04. The molecule has 0 heterocycles. The Bertz CT molecular complexity index is 590. The molecule has 1 amide bonds. The Balaban J connectivity index is 1.78. The number of amides is 1. The van der Waals surface area contributed by atoms with Crippen LogP contribution in [0.15, 0.2) is 48.5 Å². The van der Waals surface area contributed by atoms with Crippen LogP contribution in [0, 0.1) is 6.92 Å². The normalized spacial score (nSPS) is 10.4. The van der Waals surface area contributed by atoms with E-state index in [0.717, 1.165) is 17.5 Å². The second-order valence-corrected chi connectivity index (χ2v) is 5.29. The molecule has 0 spiro atoms. The minimum absolute atomic E-state index is 0.0775. The highest BCUT2D eigenvalue weighted by Crippen LogP contribution is 2.07. The van der Waals surface area contributed by atoms with Gasteiger partial charge in [0, 0.05) is 19.5 Å². The lowest BCUT2D eigenvalue weighted by Crippen LogP contribution is -2.23. The second-order valence-electron chi connectivity index (χ2n) is 5.29. The molecular weight excluding hydrogens is 260 g/mol. The van der Waals surface area contributed by atoms with Gasteiger partial charge >= 0.3 is 0 Å². The van der Waals surface area contributed by atoms with Crippen LogP contribution in [0.2, 0.25) is 0 Å². The molecule has 0 aliphatic heterocycles. The third-order valence-corrected chi connectivity index (χ3v) is 3.48. The summed E-state index contributed by atoms with van der Waals surface area (Å²) in [5.74, 6) is 0.0775. The van der Waals surface area contributed by atoms with Gasteiger partial charge in [-0.25, -0.2) is 0 Å². The van der Waals surface area contributed by atoms with E-state index in [-0.39, 0.29) is 5.91 Å². The lowest BCUT2D eigenvalue weighted by molar-refractivity contribution is -0.121. The highest BCUT2D eigenvalue weighted by molar-refractivity contribution is 5.76. The van der Waals surface area contributed by atoms with Crippen molar-refractivity contribution in [3.63, 3.8) is 0 Å². The maximum absolute atomic E-state index is 11.9. The molecule has 0 aliphatic carbocycles. The summed E-state index contributed by atoms with van der Waals surface area (Å²) >= 11 is 0. The van der Waals surface area contributed by atoms with E-state index in [9.17, 15) is 4.79 Å². The molecule has 0 saturated carbocycles. The fourth-order valence-corrected chi connectivity index (χ4v) is 2.17. The van der Waals surface area contributed by atoms with Crippen LogP contribution in [0.25, 0.3) is 0 Å². The highest BCUT2D eigenvalue weighted by Gasteiger charge is 2.03. The third-order valence-electron chi connectivity index (χ3n) is 3.48. The number of carbonyl (C=O) groups is 1. The van der Waals surface area contributed by atoms with Gasteiger partial charge in [-0.1, -0.05) is 54.1 Å². The summed E-state index contributed by atoms with van der Waals surface area (Å²) in [5.41, 5.74) is 10.2. The number of hydrogen-bond acceptors (Lipinski definition) is 2. The molecule has 0 saturated heterocycles. The van der Waals surface area contributed by atoms with Crippen LogP contribution in [-0.2, 0) is 24.3 Å². The summed E-state index contributed by atoms with van der Waals surface area (Å²) in [4.78, 5) is 11.9. The molecule has 3 nitrogen and oxygen atoms in total. The predicted molar refractivity (Wildman–Crippen MR) is 85.7 cm³/mol. The van der Waals surface area contributed by atoms with Crippen molar-refractivity contribution >= 4 is 5.91 Å². The van der Waals surface area contributed by atoms with Crippen molar-refractivity contribution < 1.29 is 4.79 Å². The molecule has 0 fully saturated rings. The number of nitrogens with one attached hydrogen (secondary N) is 1. The summed E-state index contributed by atoms with van der Waals surface area (Å²) in [7, 11) is 0. The SMILES string of the molecule is Cc1ccc(CCC(=O)NCc2cccc(CN)c2)cc1. The first-order valence-electron chi connectivity index (χ1n) is 7.27. The largest absolute Gasteiger partial charge is 0.352 e. The second kappa shape index (κ2) is 7.60. The Labute approximate surface area is 126 Å². The van der Waals surface area contributed by atoms with Gasteiger partial charge in [0.1, 0.15) is 0 Å². The zero-order valence-corrected chi connectivity index (χ0v) is 12.4. The number of aryl methyl sites for hydroxylation is 2. The monoisotopic (exact) mass is 282 g/mol. The fourth-order valence-electron chi connectivity index (χ4n) is 2.17. The maximum atomic E-state index is 11.9. The van der Waals surface area contributed by atoms with E-state index in [1.807, 2.05) is 24.3 Å². The predicted octanol–water partition coefficient (Wildman–Crippen LogP) is 2.70. The Morgan fingerprint density at radius 3 is 2.48 bits per heavy atom. The summed E-state index contributed by atoms with van der Waals surface area (Å²) in [5, 5.41) is 2.95. The smallest absolute Gasteiger partial charge is 0.220 e. The van der Waals surface area contributed by atoms with Gasteiger partial charge in [0.05, 0.1) is 0 Å². The fraction of sp³-hybridized carbons (Fsp3) is 0.278. The van der Waals surface area contributed by atoms with Crippen molar-refractivity contribution in [3.05, 3.63) is 70.8 Å². The van der Waals surface area contributed by atoms with Crippen LogP contribution < -0.4 is 11.1 Å². The topological polar surface area (TPSA) is 55.1 Å². The van der Waals surface area contributed by atoms with Crippen LogP contribution in [0.1, 0.15) is 28.7 Å². The maximum Gasteiger partial charge on any atom is 0.220 e. The Hall–Kier alpha value is -2.13.